The number of hydrogen-bond donors (Lipinski definition) is 2. The number of halogens is 3. The van der Waals surface area contributed by atoms with Crippen molar-refractivity contribution in [2.45, 2.75) is 0 Å². The molecular weight excluding hydrogens is 301 g/mol. The quantitative estimate of drug-likeness (QED) is 0.662. The third-order valence-corrected chi connectivity index (χ3v) is 3.43. The monoisotopic (exact) mass is 310 g/mol. The van der Waals surface area contributed by atoms with Crippen molar-refractivity contribution in [1.82, 2.24) is 0 Å². The summed E-state index contributed by atoms with van der Waals surface area (Å²) in [4.78, 5) is 12.8. The number of anilines is 1. The molecule has 3 N–H and O–H groups in total. The molecule has 0 bridgehead atoms. The van der Waals surface area contributed by atoms with Crippen molar-refractivity contribution in [3.63, 3.8) is 0 Å². The van der Waals surface area contributed by atoms with Gasteiger partial charge in [0.15, 0.2) is 17.5 Å². The molecule has 0 aliphatic rings. The summed E-state index contributed by atoms with van der Waals surface area (Å²) < 4.78 is 39.3. The molecule has 0 unspecified atom stereocenters. The van der Waals surface area contributed by atoms with Gasteiger partial charge in [0.25, 0.3) is 5.91 Å². The highest BCUT2D eigenvalue weighted by atomic mass is 32.1. The van der Waals surface area contributed by atoms with Crippen LogP contribution in [-0.4, -0.2) is 12.5 Å². The van der Waals surface area contributed by atoms with E-state index in [9.17, 15) is 18.0 Å². The molecule has 0 spiro atoms. The van der Waals surface area contributed by atoms with Crippen LogP contribution in [0.15, 0.2) is 24.3 Å². The van der Waals surface area contributed by atoms with Crippen LogP contribution in [-0.2, 0) is 0 Å². The number of nitrogens with one attached hydrogen (secondary N) is 1. The Morgan fingerprint density at radius 1 is 1.19 bits per heavy atom. The molecule has 0 aliphatic carbocycles. The van der Waals surface area contributed by atoms with Crippen LogP contribution >= 0.6 is 11.3 Å². The maximum atomic E-state index is 13.4. The van der Waals surface area contributed by atoms with Crippen LogP contribution in [0.1, 0.15) is 14.5 Å². The van der Waals surface area contributed by atoms with Crippen molar-refractivity contribution < 1.29 is 18.0 Å². The zero-order chi connectivity index (χ0) is 15.4. The molecule has 2 rings (SSSR count). The molecule has 21 heavy (non-hydrogen) atoms. The number of amides is 1. The Balaban J connectivity index is 2.18. The van der Waals surface area contributed by atoms with Crippen LogP contribution < -0.4 is 11.1 Å². The molecule has 0 aliphatic heterocycles. The van der Waals surface area contributed by atoms with E-state index in [0.717, 1.165) is 23.5 Å². The average Bonchev–Trinajstić information content (AvgIpc) is 2.94. The van der Waals surface area contributed by atoms with Crippen LogP contribution in [0.4, 0.5) is 18.9 Å². The fourth-order valence-electron chi connectivity index (χ4n) is 1.47. The Bertz CT molecular complexity index is 746. The first kappa shape index (κ1) is 15.1. The SMILES string of the molecule is NCC#Cc1ccc(C(=O)Nc2ccc(F)c(F)c2F)s1. The molecule has 2 aromatic rings. The number of hydrogen-bond acceptors (Lipinski definition) is 3. The summed E-state index contributed by atoms with van der Waals surface area (Å²) >= 11 is 1.08. The topological polar surface area (TPSA) is 55.1 Å². The van der Waals surface area contributed by atoms with Crippen molar-refractivity contribution in [1.29, 1.82) is 0 Å². The molecule has 0 saturated heterocycles. The number of rotatable bonds is 2. The first-order chi connectivity index (χ1) is 10.0. The van der Waals surface area contributed by atoms with Crippen LogP contribution in [0.5, 0.6) is 0 Å². The summed E-state index contributed by atoms with van der Waals surface area (Å²) in [5.41, 5.74) is 4.80. The number of benzene rings is 1. The predicted octanol–water partition coefficient (Wildman–Crippen LogP) is 2.73. The van der Waals surface area contributed by atoms with Gasteiger partial charge in [0.05, 0.1) is 22.0 Å². The van der Waals surface area contributed by atoms with E-state index in [1.807, 2.05) is 0 Å². The van der Waals surface area contributed by atoms with Crippen molar-refractivity contribution in [2.24, 2.45) is 5.73 Å². The fraction of sp³-hybridized carbons (Fsp3) is 0.0714. The van der Waals surface area contributed by atoms with Crippen LogP contribution in [0.2, 0.25) is 0 Å². The minimum absolute atomic E-state index is 0.194. The Labute approximate surface area is 122 Å². The maximum absolute atomic E-state index is 13.4. The maximum Gasteiger partial charge on any atom is 0.265 e. The van der Waals surface area contributed by atoms with Crippen molar-refractivity contribution in [3.05, 3.63) is 51.5 Å². The first-order valence-electron chi connectivity index (χ1n) is 5.76. The lowest BCUT2D eigenvalue weighted by molar-refractivity contribution is 0.103. The normalized spacial score (nSPS) is 9.90. The van der Waals surface area contributed by atoms with Gasteiger partial charge in [-0.1, -0.05) is 11.8 Å². The summed E-state index contributed by atoms with van der Waals surface area (Å²) in [6, 6.07) is 4.80. The summed E-state index contributed by atoms with van der Waals surface area (Å²) in [6.07, 6.45) is 0. The number of carbonyl (C=O) groups is 1. The fourth-order valence-corrected chi connectivity index (χ4v) is 2.25. The van der Waals surface area contributed by atoms with Gasteiger partial charge in [0.2, 0.25) is 0 Å². The van der Waals surface area contributed by atoms with Crippen molar-refractivity contribution >= 4 is 22.9 Å². The Kier molecular flexibility index (Phi) is 4.62. The number of carbonyl (C=O) groups excluding carboxylic acids is 1. The Morgan fingerprint density at radius 2 is 1.95 bits per heavy atom. The van der Waals surface area contributed by atoms with E-state index in [-0.39, 0.29) is 11.4 Å². The zero-order valence-corrected chi connectivity index (χ0v) is 11.4. The first-order valence-corrected chi connectivity index (χ1v) is 6.58. The molecule has 0 saturated carbocycles. The molecule has 108 valence electrons. The highest BCUT2D eigenvalue weighted by molar-refractivity contribution is 7.14. The summed E-state index contributed by atoms with van der Waals surface area (Å²) in [5.74, 6) is 0.361. The molecule has 0 radical (unpaired) electrons. The molecular formula is C14H9F3N2OS. The van der Waals surface area contributed by atoms with E-state index in [4.69, 9.17) is 5.73 Å². The standard InChI is InChI=1S/C14H9F3N2OS/c15-9-4-5-10(13(17)12(9)16)19-14(20)11-6-3-8(21-11)2-1-7-18/h3-6H,7,18H2,(H,19,20). The minimum Gasteiger partial charge on any atom is -0.320 e. The van der Waals surface area contributed by atoms with E-state index < -0.39 is 29.0 Å². The minimum atomic E-state index is -1.63. The molecule has 0 fully saturated rings. The smallest absolute Gasteiger partial charge is 0.265 e. The van der Waals surface area contributed by atoms with Gasteiger partial charge in [0.1, 0.15) is 0 Å². The summed E-state index contributed by atoms with van der Waals surface area (Å²) in [5, 5.41) is 2.18. The highest BCUT2D eigenvalue weighted by Crippen LogP contribution is 2.22. The zero-order valence-electron chi connectivity index (χ0n) is 10.5. The molecule has 7 heteroatoms. The largest absolute Gasteiger partial charge is 0.320 e. The van der Waals surface area contributed by atoms with E-state index in [1.165, 1.54) is 6.07 Å². The molecule has 1 heterocycles. The lowest BCUT2D eigenvalue weighted by Gasteiger charge is -2.05. The second-order valence-corrected chi connectivity index (χ2v) is 4.93. The number of thiophene rings is 1. The van der Waals surface area contributed by atoms with Gasteiger partial charge in [-0.3, -0.25) is 4.79 Å². The van der Waals surface area contributed by atoms with Gasteiger partial charge < -0.3 is 11.1 Å². The Hall–Kier alpha value is -2.30. The van der Waals surface area contributed by atoms with Crippen molar-refractivity contribution in [2.75, 3.05) is 11.9 Å². The van der Waals surface area contributed by atoms with E-state index in [1.54, 1.807) is 6.07 Å². The third kappa shape index (κ3) is 3.42. The van der Waals surface area contributed by atoms with Crippen molar-refractivity contribution in [3.8, 4) is 11.8 Å². The van der Waals surface area contributed by atoms with Gasteiger partial charge in [-0.25, -0.2) is 13.2 Å². The van der Waals surface area contributed by atoms with E-state index in [2.05, 4.69) is 17.2 Å². The van der Waals surface area contributed by atoms with Crippen LogP contribution in [0.3, 0.4) is 0 Å². The molecule has 0 atom stereocenters. The second-order valence-electron chi connectivity index (χ2n) is 3.85. The summed E-state index contributed by atoms with van der Waals surface area (Å²) in [7, 11) is 0. The van der Waals surface area contributed by atoms with Gasteiger partial charge in [0, 0.05) is 0 Å². The predicted molar refractivity (Wildman–Crippen MR) is 74.5 cm³/mol. The Morgan fingerprint density at radius 3 is 2.67 bits per heavy atom. The van der Waals surface area contributed by atoms with Gasteiger partial charge in [-0.15, -0.1) is 11.3 Å². The van der Waals surface area contributed by atoms with Gasteiger partial charge in [-0.2, -0.15) is 0 Å². The molecule has 1 amide bonds. The lowest BCUT2D eigenvalue weighted by Crippen LogP contribution is -2.12. The highest BCUT2D eigenvalue weighted by Gasteiger charge is 2.16. The van der Waals surface area contributed by atoms with Gasteiger partial charge >= 0.3 is 0 Å². The lowest BCUT2D eigenvalue weighted by atomic mass is 10.2. The molecule has 1 aromatic heterocycles. The van der Waals surface area contributed by atoms with Gasteiger partial charge in [-0.05, 0) is 24.3 Å². The third-order valence-electron chi connectivity index (χ3n) is 2.43. The average molecular weight is 310 g/mol. The van der Waals surface area contributed by atoms with Crippen LogP contribution in [0, 0.1) is 29.3 Å². The van der Waals surface area contributed by atoms with E-state index in [0.29, 0.717) is 4.88 Å². The van der Waals surface area contributed by atoms with Crippen LogP contribution in [0.25, 0.3) is 0 Å². The molecule has 1 aromatic carbocycles. The number of nitrogens with two attached hydrogens (primary N) is 1. The second kappa shape index (κ2) is 6.43. The summed E-state index contributed by atoms with van der Waals surface area (Å²) in [6.45, 7) is 0.194. The van der Waals surface area contributed by atoms with E-state index >= 15 is 0 Å². The molecule has 3 nitrogen and oxygen atoms in total.